The molecule has 156 valence electrons. The molecule has 2 aromatic carbocycles. The van der Waals surface area contributed by atoms with Gasteiger partial charge < -0.3 is 10.2 Å². The molecule has 0 unspecified atom stereocenters. The summed E-state index contributed by atoms with van der Waals surface area (Å²) in [6.45, 7) is 2.28. The number of benzene rings is 2. The van der Waals surface area contributed by atoms with Crippen molar-refractivity contribution in [1.82, 2.24) is 9.62 Å². The molecule has 2 aromatic rings. The normalized spacial score (nSPS) is 14.8. The summed E-state index contributed by atoms with van der Waals surface area (Å²) in [6.07, 6.45) is 3.75. The van der Waals surface area contributed by atoms with Crippen molar-refractivity contribution in [3.05, 3.63) is 59.1 Å². The van der Waals surface area contributed by atoms with E-state index in [1.165, 1.54) is 56.3 Å². The molecule has 0 aromatic heterocycles. The molecule has 0 atom stereocenters. The van der Waals surface area contributed by atoms with Crippen molar-refractivity contribution in [3.63, 3.8) is 0 Å². The van der Waals surface area contributed by atoms with E-state index in [0.29, 0.717) is 11.6 Å². The van der Waals surface area contributed by atoms with Gasteiger partial charge in [0.1, 0.15) is 0 Å². The van der Waals surface area contributed by atoms with Gasteiger partial charge in [-0.15, -0.1) is 0 Å². The average Bonchev–Trinajstić information content (AvgIpc) is 2.73. The van der Waals surface area contributed by atoms with Crippen molar-refractivity contribution in [3.8, 4) is 0 Å². The van der Waals surface area contributed by atoms with Gasteiger partial charge in [0.15, 0.2) is 0 Å². The van der Waals surface area contributed by atoms with Crippen LogP contribution in [0.25, 0.3) is 0 Å². The van der Waals surface area contributed by atoms with Gasteiger partial charge in [0.05, 0.1) is 11.4 Å². The number of hydrogen-bond donors (Lipinski definition) is 1. The molecular weight excluding hydrogens is 410 g/mol. The second kappa shape index (κ2) is 9.61. The highest BCUT2D eigenvalue weighted by molar-refractivity contribution is 7.89. The van der Waals surface area contributed by atoms with E-state index in [-0.39, 0.29) is 17.3 Å². The molecule has 8 heteroatoms. The number of carbonyl (C=O) groups excluding carboxylic acids is 1. The van der Waals surface area contributed by atoms with Crippen LogP contribution in [0.1, 0.15) is 24.8 Å². The Balaban J connectivity index is 1.52. The van der Waals surface area contributed by atoms with E-state index in [9.17, 15) is 13.2 Å². The second-order valence-corrected chi connectivity index (χ2v) is 9.69. The predicted octanol–water partition coefficient (Wildman–Crippen LogP) is 3.27. The Hall–Kier alpha value is -2.09. The fraction of sp³-hybridized carbons (Fsp3) is 0.381. The first-order valence-corrected chi connectivity index (χ1v) is 11.5. The highest BCUT2D eigenvalue weighted by Crippen LogP contribution is 2.20. The Morgan fingerprint density at radius 3 is 2.28 bits per heavy atom. The van der Waals surface area contributed by atoms with Crippen LogP contribution in [-0.2, 0) is 21.4 Å². The Morgan fingerprint density at radius 1 is 1.03 bits per heavy atom. The summed E-state index contributed by atoms with van der Waals surface area (Å²) in [5.41, 5.74) is 2.18. The first-order valence-electron chi connectivity index (χ1n) is 9.69. The Kier molecular flexibility index (Phi) is 7.16. The zero-order valence-corrected chi connectivity index (χ0v) is 18.0. The lowest BCUT2D eigenvalue weighted by Gasteiger charge is -2.28. The Morgan fingerprint density at radius 2 is 1.66 bits per heavy atom. The van der Waals surface area contributed by atoms with E-state index in [4.69, 9.17) is 11.6 Å². The second-order valence-electron chi connectivity index (χ2n) is 7.21. The van der Waals surface area contributed by atoms with Crippen LogP contribution in [0.15, 0.2) is 53.4 Å². The number of amides is 1. The molecule has 29 heavy (non-hydrogen) atoms. The summed E-state index contributed by atoms with van der Waals surface area (Å²) in [5, 5.41) is 3.24. The van der Waals surface area contributed by atoms with E-state index in [0.717, 1.165) is 23.0 Å². The molecule has 1 fully saturated rings. The number of likely N-dealkylation sites (N-methyl/N-ethyl adjacent to an activating group) is 1. The van der Waals surface area contributed by atoms with Crippen LogP contribution in [0.2, 0.25) is 5.02 Å². The van der Waals surface area contributed by atoms with E-state index < -0.39 is 10.0 Å². The van der Waals surface area contributed by atoms with Gasteiger partial charge in [-0.1, -0.05) is 23.7 Å². The maximum Gasteiger partial charge on any atom is 0.243 e. The molecule has 1 aliphatic rings. The van der Waals surface area contributed by atoms with Crippen molar-refractivity contribution < 1.29 is 13.2 Å². The highest BCUT2D eigenvalue weighted by atomic mass is 35.5. The fourth-order valence-electron chi connectivity index (χ4n) is 3.31. The van der Waals surface area contributed by atoms with Gasteiger partial charge in [0.25, 0.3) is 0 Å². The van der Waals surface area contributed by atoms with Crippen molar-refractivity contribution in [2.75, 3.05) is 31.6 Å². The first-order chi connectivity index (χ1) is 13.9. The van der Waals surface area contributed by atoms with Crippen LogP contribution < -0.4 is 10.2 Å². The fourth-order valence-corrected chi connectivity index (χ4v) is 4.56. The number of anilines is 1. The Bertz CT molecular complexity index is 925. The van der Waals surface area contributed by atoms with Crippen LogP contribution in [0, 0.1) is 0 Å². The summed E-state index contributed by atoms with van der Waals surface area (Å²) in [5.74, 6) is -0.356. The summed E-state index contributed by atoms with van der Waals surface area (Å²) in [6, 6.07) is 14.0. The summed E-state index contributed by atoms with van der Waals surface area (Å²) < 4.78 is 26.1. The smallest absolute Gasteiger partial charge is 0.243 e. The molecule has 1 saturated heterocycles. The van der Waals surface area contributed by atoms with Crippen LogP contribution in [0.3, 0.4) is 0 Å². The van der Waals surface area contributed by atoms with Gasteiger partial charge in [0, 0.05) is 37.4 Å². The minimum Gasteiger partial charge on any atom is -0.372 e. The van der Waals surface area contributed by atoms with E-state index in [2.05, 4.69) is 22.3 Å². The minimum atomic E-state index is -3.74. The van der Waals surface area contributed by atoms with Crippen molar-refractivity contribution in [2.24, 2.45) is 0 Å². The molecule has 0 radical (unpaired) electrons. The van der Waals surface area contributed by atoms with Crippen molar-refractivity contribution >= 4 is 33.2 Å². The third-order valence-corrected chi connectivity index (χ3v) is 7.10. The van der Waals surface area contributed by atoms with Crippen LogP contribution in [-0.4, -0.2) is 45.3 Å². The number of nitrogens with zero attached hydrogens (tertiary/aromatic N) is 2. The van der Waals surface area contributed by atoms with Gasteiger partial charge in [-0.3, -0.25) is 4.79 Å². The molecule has 0 spiro atoms. The highest BCUT2D eigenvalue weighted by Gasteiger charge is 2.22. The number of piperidine rings is 1. The molecule has 3 rings (SSSR count). The standard InChI is InChI=1S/C21H26ClN3O3S/c1-24(29(27,28)20-11-7-18(22)8-12-20)16-21(26)23-15-17-5-9-19(10-6-17)25-13-3-2-4-14-25/h5-12H,2-4,13-16H2,1H3,(H,23,26). The number of halogens is 1. The molecular formula is C21H26ClN3O3S. The SMILES string of the molecule is CN(CC(=O)NCc1ccc(N2CCCCC2)cc1)S(=O)(=O)c1ccc(Cl)cc1. The lowest BCUT2D eigenvalue weighted by molar-refractivity contribution is -0.121. The number of sulfonamides is 1. The van der Waals surface area contributed by atoms with Gasteiger partial charge in [-0.2, -0.15) is 4.31 Å². The molecule has 1 N–H and O–H groups in total. The van der Waals surface area contributed by atoms with Gasteiger partial charge in [-0.25, -0.2) is 8.42 Å². The number of carbonyl (C=O) groups is 1. The predicted molar refractivity (Wildman–Crippen MR) is 116 cm³/mol. The first kappa shape index (κ1) is 21.6. The molecule has 6 nitrogen and oxygen atoms in total. The Labute approximate surface area is 177 Å². The maximum absolute atomic E-state index is 12.5. The lowest BCUT2D eigenvalue weighted by atomic mass is 10.1. The van der Waals surface area contributed by atoms with E-state index in [1.54, 1.807) is 0 Å². The van der Waals surface area contributed by atoms with Gasteiger partial charge in [0.2, 0.25) is 15.9 Å². The third kappa shape index (κ3) is 5.72. The zero-order valence-electron chi connectivity index (χ0n) is 16.5. The molecule has 1 amide bonds. The summed E-state index contributed by atoms with van der Waals surface area (Å²) >= 11 is 5.80. The van der Waals surface area contributed by atoms with Crippen molar-refractivity contribution in [2.45, 2.75) is 30.7 Å². The quantitative estimate of drug-likeness (QED) is 0.724. The van der Waals surface area contributed by atoms with Crippen LogP contribution in [0.4, 0.5) is 5.69 Å². The third-order valence-electron chi connectivity index (χ3n) is 5.04. The lowest BCUT2D eigenvalue weighted by Crippen LogP contribution is -2.38. The minimum absolute atomic E-state index is 0.102. The maximum atomic E-state index is 12.5. The number of hydrogen-bond acceptors (Lipinski definition) is 4. The summed E-state index contributed by atoms with van der Waals surface area (Å²) in [4.78, 5) is 14.7. The van der Waals surface area contributed by atoms with E-state index in [1.807, 2.05) is 12.1 Å². The van der Waals surface area contributed by atoms with Crippen LogP contribution >= 0.6 is 11.6 Å². The molecule has 0 aliphatic carbocycles. The van der Waals surface area contributed by atoms with Crippen molar-refractivity contribution in [1.29, 1.82) is 0 Å². The molecule has 1 aliphatic heterocycles. The van der Waals surface area contributed by atoms with Gasteiger partial charge in [-0.05, 0) is 61.2 Å². The monoisotopic (exact) mass is 435 g/mol. The molecule has 1 heterocycles. The zero-order chi connectivity index (χ0) is 20.9. The summed E-state index contributed by atoms with van der Waals surface area (Å²) in [7, 11) is -2.36. The average molecular weight is 436 g/mol. The largest absolute Gasteiger partial charge is 0.372 e. The van der Waals surface area contributed by atoms with E-state index >= 15 is 0 Å². The van der Waals surface area contributed by atoms with Gasteiger partial charge >= 0.3 is 0 Å². The number of rotatable bonds is 7. The number of nitrogens with one attached hydrogen (secondary N) is 1. The molecule has 0 saturated carbocycles. The molecule has 0 bridgehead atoms. The van der Waals surface area contributed by atoms with Crippen LogP contribution in [0.5, 0.6) is 0 Å². The topological polar surface area (TPSA) is 69.7 Å².